The first kappa shape index (κ1) is 14.3. The van der Waals surface area contributed by atoms with Gasteiger partial charge in [0.15, 0.2) is 0 Å². The number of nitrogens with one attached hydrogen (secondary N) is 2. The van der Waals surface area contributed by atoms with Crippen LogP contribution >= 0.6 is 0 Å². The monoisotopic (exact) mass is 250 g/mol. The lowest BCUT2D eigenvalue weighted by Crippen LogP contribution is -2.47. The van der Waals surface area contributed by atoms with Gasteiger partial charge in [0.2, 0.25) is 5.91 Å². The highest BCUT2D eigenvalue weighted by atomic mass is 16.2. The van der Waals surface area contributed by atoms with Crippen molar-refractivity contribution in [2.45, 2.75) is 46.2 Å². The molecule has 5 heteroatoms. The number of pyridine rings is 1. The number of aryl methyl sites for hydroxylation is 1. The van der Waals surface area contributed by atoms with Crippen molar-refractivity contribution >= 4 is 17.4 Å². The highest BCUT2D eigenvalue weighted by Crippen LogP contribution is 2.14. The Hall–Kier alpha value is -1.78. The molecule has 1 atom stereocenters. The van der Waals surface area contributed by atoms with Crippen LogP contribution in [0.1, 0.15) is 33.3 Å². The molecule has 0 radical (unpaired) electrons. The first-order chi connectivity index (χ1) is 8.19. The summed E-state index contributed by atoms with van der Waals surface area (Å²) in [4.78, 5) is 16.1. The van der Waals surface area contributed by atoms with Crippen LogP contribution in [-0.4, -0.2) is 22.5 Å². The van der Waals surface area contributed by atoms with Gasteiger partial charge in [0, 0.05) is 23.5 Å². The van der Waals surface area contributed by atoms with E-state index in [0.717, 1.165) is 5.56 Å². The summed E-state index contributed by atoms with van der Waals surface area (Å²) in [7, 11) is 0. The van der Waals surface area contributed by atoms with E-state index >= 15 is 0 Å². The van der Waals surface area contributed by atoms with Crippen LogP contribution in [0.5, 0.6) is 0 Å². The number of carbonyl (C=O) groups is 1. The highest BCUT2D eigenvalue weighted by molar-refractivity contribution is 5.84. The SMILES string of the molecule is Cc1cnc(NC(C)C(=O)NC(C)(C)C)cc1N. The molecule has 0 saturated carbocycles. The summed E-state index contributed by atoms with van der Waals surface area (Å²) in [5.41, 5.74) is 7.14. The lowest BCUT2D eigenvalue weighted by molar-refractivity contribution is -0.122. The van der Waals surface area contributed by atoms with Crippen molar-refractivity contribution in [3.05, 3.63) is 17.8 Å². The fourth-order valence-corrected chi connectivity index (χ4v) is 1.38. The van der Waals surface area contributed by atoms with Crippen molar-refractivity contribution in [2.24, 2.45) is 0 Å². The second-order valence-electron chi connectivity index (χ2n) is 5.53. The van der Waals surface area contributed by atoms with E-state index in [-0.39, 0.29) is 17.5 Å². The Morgan fingerprint density at radius 3 is 2.56 bits per heavy atom. The summed E-state index contributed by atoms with van der Waals surface area (Å²) in [5, 5.41) is 5.93. The zero-order valence-electron chi connectivity index (χ0n) is 11.7. The van der Waals surface area contributed by atoms with E-state index in [0.29, 0.717) is 11.5 Å². The van der Waals surface area contributed by atoms with Crippen LogP contribution in [0.2, 0.25) is 0 Å². The maximum atomic E-state index is 11.9. The molecule has 0 bridgehead atoms. The summed E-state index contributed by atoms with van der Waals surface area (Å²) in [6.45, 7) is 9.51. The Morgan fingerprint density at radius 1 is 1.44 bits per heavy atom. The molecule has 100 valence electrons. The largest absolute Gasteiger partial charge is 0.398 e. The predicted molar refractivity (Wildman–Crippen MR) is 74.4 cm³/mol. The second kappa shape index (κ2) is 5.25. The summed E-state index contributed by atoms with van der Waals surface area (Å²) < 4.78 is 0. The van der Waals surface area contributed by atoms with Crippen molar-refractivity contribution in [3.63, 3.8) is 0 Å². The number of nitrogens with two attached hydrogens (primary N) is 1. The van der Waals surface area contributed by atoms with Gasteiger partial charge in [-0.05, 0) is 40.2 Å². The van der Waals surface area contributed by atoms with E-state index in [9.17, 15) is 4.79 Å². The average Bonchev–Trinajstić information content (AvgIpc) is 2.21. The summed E-state index contributed by atoms with van der Waals surface area (Å²) in [6, 6.07) is 1.37. The molecule has 0 fully saturated rings. The molecular formula is C13H22N4O. The van der Waals surface area contributed by atoms with Crippen molar-refractivity contribution < 1.29 is 4.79 Å². The molecule has 1 amide bonds. The number of aromatic nitrogens is 1. The second-order valence-corrected chi connectivity index (χ2v) is 5.53. The van der Waals surface area contributed by atoms with Gasteiger partial charge in [-0.15, -0.1) is 0 Å². The fraction of sp³-hybridized carbons (Fsp3) is 0.538. The van der Waals surface area contributed by atoms with Crippen LogP contribution < -0.4 is 16.4 Å². The number of amides is 1. The molecule has 0 aromatic carbocycles. The van der Waals surface area contributed by atoms with Crippen molar-refractivity contribution in [1.29, 1.82) is 0 Å². The Bertz CT molecular complexity index is 437. The number of nitrogens with zero attached hydrogens (tertiary/aromatic N) is 1. The zero-order valence-corrected chi connectivity index (χ0v) is 11.7. The average molecular weight is 250 g/mol. The van der Waals surface area contributed by atoms with Gasteiger partial charge in [-0.25, -0.2) is 4.98 Å². The van der Waals surface area contributed by atoms with Crippen molar-refractivity contribution in [1.82, 2.24) is 10.3 Å². The Kier molecular flexibility index (Phi) is 4.16. The molecule has 1 heterocycles. The third-order valence-electron chi connectivity index (χ3n) is 2.40. The standard InChI is InChI=1S/C13H22N4O/c1-8-7-15-11(6-10(8)14)16-9(2)12(18)17-13(3,4)5/h6-7,9H,1-5H3,(H,17,18)(H3,14,15,16). The van der Waals surface area contributed by atoms with Crippen molar-refractivity contribution in [2.75, 3.05) is 11.1 Å². The molecule has 0 aliphatic heterocycles. The number of carbonyl (C=O) groups excluding carboxylic acids is 1. The van der Waals surface area contributed by atoms with Crippen LogP contribution in [0, 0.1) is 6.92 Å². The van der Waals surface area contributed by atoms with Crippen LogP contribution in [0.4, 0.5) is 11.5 Å². The molecule has 1 aromatic rings. The minimum atomic E-state index is -0.362. The van der Waals surface area contributed by atoms with Crippen molar-refractivity contribution in [3.8, 4) is 0 Å². The lowest BCUT2D eigenvalue weighted by atomic mass is 10.1. The van der Waals surface area contributed by atoms with Crippen LogP contribution in [0.3, 0.4) is 0 Å². The number of anilines is 2. The first-order valence-electron chi connectivity index (χ1n) is 6.00. The molecule has 0 aliphatic carbocycles. The van der Waals surface area contributed by atoms with Gasteiger partial charge in [0.05, 0.1) is 0 Å². The molecule has 1 aromatic heterocycles. The topological polar surface area (TPSA) is 80.0 Å². The van der Waals surface area contributed by atoms with Gasteiger partial charge in [0.1, 0.15) is 11.9 Å². The van der Waals surface area contributed by atoms with E-state index in [1.54, 1.807) is 19.2 Å². The normalized spacial score (nSPS) is 12.9. The molecular weight excluding hydrogens is 228 g/mol. The quantitative estimate of drug-likeness (QED) is 0.762. The molecule has 0 saturated heterocycles. The zero-order chi connectivity index (χ0) is 13.9. The van der Waals surface area contributed by atoms with E-state index in [1.807, 2.05) is 27.7 Å². The third kappa shape index (κ3) is 4.24. The number of hydrogen-bond acceptors (Lipinski definition) is 4. The smallest absolute Gasteiger partial charge is 0.242 e. The minimum Gasteiger partial charge on any atom is -0.398 e. The van der Waals surface area contributed by atoms with Gasteiger partial charge in [-0.3, -0.25) is 4.79 Å². The molecule has 0 spiro atoms. The molecule has 0 aliphatic rings. The lowest BCUT2D eigenvalue weighted by Gasteiger charge is -2.24. The van der Waals surface area contributed by atoms with Gasteiger partial charge >= 0.3 is 0 Å². The Labute approximate surface area is 108 Å². The summed E-state index contributed by atoms with van der Waals surface area (Å²) in [6.07, 6.45) is 1.69. The number of nitrogen functional groups attached to an aromatic ring is 1. The number of hydrogen-bond donors (Lipinski definition) is 3. The fourth-order valence-electron chi connectivity index (χ4n) is 1.38. The molecule has 4 N–H and O–H groups in total. The maximum Gasteiger partial charge on any atom is 0.242 e. The predicted octanol–water partition coefficient (Wildman–Crippen LogP) is 1.69. The van der Waals surface area contributed by atoms with Gasteiger partial charge in [0.25, 0.3) is 0 Å². The molecule has 5 nitrogen and oxygen atoms in total. The molecule has 1 unspecified atom stereocenters. The maximum absolute atomic E-state index is 11.9. The first-order valence-corrected chi connectivity index (χ1v) is 6.00. The molecule has 18 heavy (non-hydrogen) atoms. The van der Waals surface area contributed by atoms with Crippen LogP contribution in [-0.2, 0) is 4.79 Å². The van der Waals surface area contributed by atoms with Crippen LogP contribution in [0.15, 0.2) is 12.3 Å². The van der Waals surface area contributed by atoms with E-state index in [4.69, 9.17) is 5.73 Å². The molecule has 1 rings (SSSR count). The van der Waals surface area contributed by atoms with E-state index < -0.39 is 0 Å². The minimum absolute atomic E-state index is 0.0663. The third-order valence-corrected chi connectivity index (χ3v) is 2.40. The highest BCUT2D eigenvalue weighted by Gasteiger charge is 2.19. The van der Waals surface area contributed by atoms with Gasteiger partial charge in [-0.2, -0.15) is 0 Å². The summed E-state index contributed by atoms with van der Waals surface area (Å²) >= 11 is 0. The Morgan fingerprint density at radius 2 is 2.06 bits per heavy atom. The summed E-state index contributed by atoms with van der Waals surface area (Å²) in [5.74, 6) is 0.540. The van der Waals surface area contributed by atoms with Gasteiger partial charge < -0.3 is 16.4 Å². The van der Waals surface area contributed by atoms with Gasteiger partial charge in [-0.1, -0.05) is 0 Å². The Balaban J connectivity index is 2.66. The van der Waals surface area contributed by atoms with Crippen LogP contribution in [0.25, 0.3) is 0 Å². The van der Waals surface area contributed by atoms with E-state index in [1.165, 1.54) is 0 Å². The van der Waals surface area contributed by atoms with E-state index in [2.05, 4.69) is 15.6 Å². The number of rotatable bonds is 3.